The molecule has 1 heterocycles. The first kappa shape index (κ1) is 13.7. The number of hydrogen-bond acceptors (Lipinski definition) is 2. The van der Waals surface area contributed by atoms with Crippen LogP contribution in [-0.2, 0) is 6.54 Å². The van der Waals surface area contributed by atoms with E-state index in [9.17, 15) is 0 Å². The van der Waals surface area contributed by atoms with Crippen LogP contribution in [0, 0.1) is 16.6 Å². The van der Waals surface area contributed by atoms with Gasteiger partial charge in [0.25, 0.3) is 0 Å². The van der Waals surface area contributed by atoms with Crippen molar-refractivity contribution in [1.29, 1.82) is 0 Å². The topological polar surface area (TPSA) is 29.9 Å². The first-order chi connectivity index (χ1) is 9.69. The van der Waals surface area contributed by atoms with Crippen LogP contribution < -0.4 is 4.74 Å². The van der Waals surface area contributed by atoms with Crippen molar-refractivity contribution in [2.75, 3.05) is 7.11 Å². The molecule has 4 heteroatoms. The van der Waals surface area contributed by atoms with Gasteiger partial charge in [-0.1, -0.05) is 25.8 Å². The number of aromatic nitrogens is 2. The van der Waals surface area contributed by atoms with Gasteiger partial charge in [0.15, 0.2) is 4.77 Å². The monoisotopic (exact) mass is 290 g/mol. The number of imidazole rings is 1. The van der Waals surface area contributed by atoms with E-state index >= 15 is 0 Å². The molecular formula is C16H22N2OS. The Morgan fingerprint density at radius 1 is 1.40 bits per heavy atom. The molecule has 1 fully saturated rings. The highest BCUT2D eigenvalue weighted by Gasteiger charge is 2.20. The third kappa shape index (κ3) is 2.49. The third-order valence-electron chi connectivity index (χ3n) is 4.48. The summed E-state index contributed by atoms with van der Waals surface area (Å²) in [5.41, 5.74) is 2.18. The van der Waals surface area contributed by atoms with Crippen LogP contribution in [-0.4, -0.2) is 16.7 Å². The molecule has 2 aromatic rings. The molecule has 0 bridgehead atoms. The van der Waals surface area contributed by atoms with E-state index in [1.165, 1.54) is 25.7 Å². The zero-order valence-electron chi connectivity index (χ0n) is 12.2. The first-order valence-corrected chi connectivity index (χ1v) is 7.85. The predicted molar refractivity (Wildman–Crippen MR) is 84.8 cm³/mol. The fraction of sp³-hybridized carbons (Fsp3) is 0.562. The fourth-order valence-electron chi connectivity index (χ4n) is 3.49. The Kier molecular flexibility index (Phi) is 3.83. The second-order valence-corrected chi connectivity index (χ2v) is 6.42. The molecule has 1 saturated carbocycles. The molecule has 0 radical (unpaired) electrons. The summed E-state index contributed by atoms with van der Waals surface area (Å²) in [6.45, 7) is 3.39. The van der Waals surface area contributed by atoms with E-state index in [4.69, 9.17) is 17.0 Å². The van der Waals surface area contributed by atoms with Crippen molar-refractivity contribution in [3.63, 3.8) is 0 Å². The van der Waals surface area contributed by atoms with Gasteiger partial charge in [-0.3, -0.25) is 0 Å². The predicted octanol–water partition coefficient (Wildman–Crippen LogP) is 4.53. The lowest BCUT2D eigenvalue weighted by Gasteiger charge is -2.27. The van der Waals surface area contributed by atoms with Gasteiger partial charge in [-0.05, 0) is 49.0 Å². The number of ether oxygens (including phenoxy) is 1. The van der Waals surface area contributed by atoms with Crippen molar-refractivity contribution in [3.8, 4) is 5.75 Å². The number of benzene rings is 1. The van der Waals surface area contributed by atoms with E-state index in [0.717, 1.165) is 39.9 Å². The summed E-state index contributed by atoms with van der Waals surface area (Å²) in [4.78, 5) is 3.30. The molecule has 0 aliphatic heterocycles. The van der Waals surface area contributed by atoms with Gasteiger partial charge in [0, 0.05) is 6.54 Å². The lowest BCUT2D eigenvalue weighted by Crippen LogP contribution is -2.18. The summed E-state index contributed by atoms with van der Waals surface area (Å²) in [5, 5.41) is 0. The Morgan fingerprint density at radius 2 is 2.25 bits per heavy atom. The van der Waals surface area contributed by atoms with Crippen molar-refractivity contribution in [1.82, 2.24) is 9.55 Å². The molecule has 2 unspecified atom stereocenters. The molecule has 3 rings (SSSR count). The van der Waals surface area contributed by atoms with Crippen LogP contribution in [0.25, 0.3) is 11.0 Å². The van der Waals surface area contributed by atoms with E-state index in [-0.39, 0.29) is 0 Å². The Labute approximate surface area is 125 Å². The van der Waals surface area contributed by atoms with Crippen molar-refractivity contribution in [2.24, 2.45) is 11.8 Å². The van der Waals surface area contributed by atoms with Gasteiger partial charge in [0.05, 0.1) is 12.6 Å². The number of hydrogen-bond donors (Lipinski definition) is 1. The van der Waals surface area contributed by atoms with E-state index < -0.39 is 0 Å². The van der Waals surface area contributed by atoms with Gasteiger partial charge in [-0.2, -0.15) is 0 Å². The molecule has 3 nitrogen and oxygen atoms in total. The first-order valence-electron chi connectivity index (χ1n) is 7.44. The summed E-state index contributed by atoms with van der Waals surface area (Å²) in [7, 11) is 1.70. The van der Waals surface area contributed by atoms with E-state index in [1.54, 1.807) is 7.11 Å². The summed E-state index contributed by atoms with van der Waals surface area (Å²) >= 11 is 5.51. The van der Waals surface area contributed by atoms with Crippen LogP contribution in [0.1, 0.15) is 32.6 Å². The van der Waals surface area contributed by atoms with Crippen LogP contribution in [0.3, 0.4) is 0 Å². The Bertz CT molecular complexity index is 658. The molecule has 20 heavy (non-hydrogen) atoms. The Morgan fingerprint density at radius 3 is 3.00 bits per heavy atom. The Hall–Kier alpha value is -1.29. The van der Waals surface area contributed by atoms with Crippen LogP contribution >= 0.6 is 12.2 Å². The van der Waals surface area contributed by atoms with Gasteiger partial charge in [-0.15, -0.1) is 0 Å². The minimum absolute atomic E-state index is 0.746. The lowest BCUT2D eigenvalue weighted by atomic mass is 9.82. The summed E-state index contributed by atoms with van der Waals surface area (Å²) in [6, 6.07) is 6.13. The molecule has 108 valence electrons. The van der Waals surface area contributed by atoms with E-state index in [0.29, 0.717) is 0 Å². The number of nitrogens with one attached hydrogen (secondary N) is 1. The number of nitrogens with zero attached hydrogens (tertiary/aromatic N) is 1. The van der Waals surface area contributed by atoms with Crippen molar-refractivity contribution >= 4 is 23.3 Å². The minimum Gasteiger partial charge on any atom is -0.494 e. The van der Waals surface area contributed by atoms with Crippen LogP contribution in [0.5, 0.6) is 5.75 Å². The largest absolute Gasteiger partial charge is 0.494 e. The molecule has 2 atom stereocenters. The molecule has 0 spiro atoms. The molecule has 1 aliphatic rings. The number of rotatable bonds is 3. The van der Waals surface area contributed by atoms with Crippen molar-refractivity contribution in [3.05, 3.63) is 23.0 Å². The maximum Gasteiger partial charge on any atom is 0.178 e. The van der Waals surface area contributed by atoms with Crippen LogP contribution in [0.15, 0.2) is 18.2 Å². The SMILES string of the molecule is COc1cccc2c1[nH]c(=S)n2CC1CCCC(C)C1. The van der Waals surface area contributed by atoms with Gasteiger partial charge in [0.2, 0.25) is 0 Å². The third-order valence-corrected chi connectivity index (χ3v) is 4.80. The number of aromatic amines is 1. The van der Waals surface area contributed by atoms with Crippen molar-refractivity contribution in [2.45, 2.75) is 39.2 Å². The number of methoxy groups -OCH3 is 1. The summed E-state index contributed by atoms with van der Waals surface area (Å²) < 4.78 is 8.47. The molecule has 1 aliphatic carbocycles. The summed E-state index contributed by atoms with van der Waals surface area (Å²) in [6.07, 6.45) is 5.37. The number of H-pyrrole nitrogens is 1. The number of fused-ring (bicyclic) bond motifs is 1. The van der Waals surface area contributed by atoms with Gasteiger partial charge >= 0.3 is 0 Å². The molecule has 1 aromatic carbocycles. The van der Waals surface area contributed by atoms with Crippen molar-refractivity contribution < 1.29 is 4.74 Å². The van der Waals surface area contributed by atoms with Gasteiger partial charge in [0.1, 0.15) is 11.3 Å². The van der Waals surface area contributed by atoms with Gasteiger partial charge in [-0.25, -0.2) is 0 Å². The van der Waals surface area contributed by atoms with Gasteiger partial charge < -0.3 is 14.3 Å². The minimum atomic E-state index is 0.746. The molecular weight excluding hydrogens is 268 g/mol. The highest BCUT2D eigenvalue weighted by Crippen LogP contribution is 2.31. The lowest BCUT2D eigenvalue weighted by molar-refractivity contribution is 0.258. The average Bonchev–Trinajstić information content (AvgIpc) is 2.75. The van der Waals surface area contributed by atoms with E-state index in [2.05, 4.69) is 22.5 Å². The zero-order chi connectivity index (χ0) is 14.1. The highest BCUT2D eigenvalue weighted by atomic mass is 32.1. The summed E-state index contributed by atoms with van der Waals surface area (Å²) in [5.74, 6) is 2.46. The highest BCUT2D eigenvalue weighted by molar-refractivity contribution is 7.71. The standard InChI is InChI=1S/C16H22N2OS/c1-11-5-3-6-12(9-11)10-18-13-7-4-8-14(19-2)15(13)17-16(18)20/h4,7-8,11-12H,3,5-6,9-10H2,1-2H3,(H,17,20). The number of para-hydroxylation sites is 1. The normalized spacial score (nSPS) is 23.1. The van der Waals surface area contributed by atoms with E-state index in [1.807, 2.05) is 12.1 Å². The maximum atomic E-state index is 5.51. The second kappa shape index (κ2) is 5.60. The van der Waals surface area contributed by atoms with Crippen LogP contribution in [0.4, 0.5) is 0 Å². The second-order valence-electron chi connectivity index (χ2n) is 6.03. The quantitative estimate of drug-likeness (QED) is 0.841. The Balaban J connectivity index is 1.95. The smallest absolute Gasteiger partial charge is 0.178 e. The molecule has 1 aromatic heterocycles. The maximum absolute atomic E-state index is 5.51. The zero-order valence-corrected chi connectivity index (χ0v) is 13.0. The molecule has 0 saturated heterocycles. The van der Waals surface area contributed by atoms with Crippen LogP contribution in [0.2, 0.25) is 0 Å². The average molecular weight is 290 g/mol. The molecule has 0 amide bonds. The fourth-order valence-corrected chi connectivity index (χ4v) is 3.76. The molecule has 1 N–H and O–H groups in total.